The van der Waals surface area contributed by atoms with Crippen LogP contribution in [0.25, 0.3) is 0 Å². The number of hydrazine groups is 1. The van der Waals surface area contributed by atoms with E-state index in [-0.39, 0.29) is 5.69 Å². The standard InChI is InChI=1S/C12H19N3O2S/c1-8-3-2-4-10(5-8)18-7-9-6-11(15-17-9)12(16)14-13/h6,8,10H,2-5,7,13H2,1H3,(H,14,16). The Morgan fingerprint density at radius 3 is 3.22 bits per heavy atom. The van der Waals surface area contributed by atoms with E-state index in [0.717, 1.165) is 17.4 Å². The predicted octanol–water partition coefficient (Wildman–Crippen LogP) is 2.09. The number of nitrogens with zero attached hydrogens (tertiary/aromatic N) is 1. The number of aromatic nitrogens is 1. The molecule has 5 nitrogen and oxygen atoms in total. The molecule has 1 heterocycles. The van der Waals surface area contributed by atoms with E-state index in [9.17, 15) is 4.79 Å². The van der Waals surface area contributed by atoms with Crippen molar-refractivity contribution in [2.45, 2.75) is 43.6 Å². The second-order valence-corrected chi connectivity index (χ2v) is 6.15. The summed E-state index contributed by atoms with van der Waals surface area (Å²) in [5, 5.41) is 4.38. The third kappa shape index (κ3) is 3.49. The summed E-state index contributed by atoms with van der Waals surface area (Å²) in [6, 6.07) is 1.65. The van der Waals surface area contributed by atoms with Gasteiger partial charge in [0.2, 0.25) is 0 Å². The summed E-state index contributed by atoms with van der Waals surface area (Å²) in [5.74, 6) is 6.94. The highest BCUT2D eigenvalue weighted by Crippen LogP contribution is 2.33. The van der Waals surface area contributed by atoms with Gasteiger partial charge < -0.3 is 4.52 Å². The minimum atomic E-state index is -0.415. The molecule has 0 aliphatic heterocycles. The van der Waals surface area contributed by atoms with Gasteiger partial charge in [-0.15, -0.1) is 0 Å². The van der Waals surface area contributed by atoms with E-state index >= 15 is 0 Å². The first-order chi connectivity index (χ1) is 8.69. The summed E-state index contributed by atoms with van der Waals surface area (Å²) in [7, 11) is 0. The molecule has 1 aromatic rings. The minimum Gasteiger partial charge on any atom is -0.360 e. The second-order valence-electron chi connectivity index (χ2n) is 4.86. The number of carbonyl (C=O) groups is 1. The van der Waals surface area contributed by atoms with Crippen LogP contribution < -0.4 is 11.3 Å². The number of hydrogen-bond donors (Lipinski definition) is 2. The van der Waals surface area contributed by atoms with Crippen molar-refractivity contribution in [3.63, 3.8) is 0 Å². The van der Waals surface area contributed by atoms with Crippen molar-refractivity contribution in [3.05, 3.63) is 17.5 Å². The number of hydrogen-bond acceptors (Lipinski definition) is 5. The van der Waals surface area contributed by atoms with E-state index in [2.05, 4.69) is 12.1 Å². The molecule has 0 saturated heterocycles. The largest absolute Gasteiger partial charge is 0.360 e. The zero-order valence-corrected chi connectivity index (χ0v) is 11.3. The van der Waals surface area contributed by atoms with Crippen molar-refractivity contribution in [3.8, 4) is 0 Å². The summed E-state index contributed by atoms with van der Waals surface area (Å²) < 4.78 is 5.12. The number of nitrogens with one attached hydrogen (secondary N) is 1. The van der Waals surface area contributed by atoms with Crippen molar-refractivity contribution in [1.82, 2.24) is 10.6 Å². The molecule has 0 radical (unpaired) electrons. The van der Waals surface area contributed by atoms with Gasteiger partial charge in [-0.05, 0) is 18.8 Å². The second kappa shape index (κ2) is 6.24. The van der Waals surface area contributed by atoms with E-state index in [1.807, 2.05) is 17.2 Å². The van der Waals surface area contributed by atoms with Crippen LogP contribution in [-0.4, -0.2) is 16.3 Å². The van der Waals surface area contributed by atoms with Crippen LogP contribution in [0.5, 0.6) is 0 Å². The van der Waals surface area contributed by atoms with Crippen molar-refractivity contribution < 1.29 is 9.32 Å². The van der Waals surface area contributed by atoms with E-state index in [1.165, 1.54) is 25.7 Å². The molecule has 0 aromatic carbocycles. The quantitative estimate of drug-likeness (QED) is 0.497. The third-order valence-electron chi connectivity index (χ3n) is 3.27. The van der Waals surface area contributed by atoms with Crippen LogP contribution in [0.2, 0.25) is 0 Å². The van der Waals surface area contributed by atoms with Gasteiger partial charge in [0.05, 0.1) is 5.75 Å². The summed E-state index contributed by atoms with van der Waals surface area (Å²) >= 11 is 1.89. The number of amides is 1. The number of rotatable bonds is 4. The zero-order chi connectivity index (χ0) is 13.0. The van der Waals surface area contributed by atoms with Gasteiger partial charge >= 0.3 is 0 Å². The van der Waals surface area contributed by atoms with Crippen LogP contribution in [-0.2, 0) is 5.75 Å². The van der Waals surface area contributed by atoms with Gasteiger partial charge in [0.25, 0.3) is 5.91 Å². The average Bonchev–Trinajstić information content (AvgIpc) is 2.84. The monoisotopic (exact) mass is 269 g/mol. The first-order valence-electron chi connectivity index (χ1n) is 6.27. The molecule has 1 aliphatic carbocycles. The van der Waals surface area contributed by atoms with Crippen molar-refractivity contribution in [1.29, 1.82) is 0 Å². The first-order valence-corrected chi connectivity index (χ1v) is 7.32. The number of thioether (sulfide) groups is 1. The molecule has 6 heteroatoms. The Hall–Kier alpha value is -1.01. The molecular weight excluding hydrogens is 250 g/mol. The molecule has 3 N–H and O–H groups in total. The van der Waals surface area contributed by atoms with E-state index in [1.54, 1.807) is 6.07 Å². The molecule has 2 unspecified atom stereocenters. The summed E-state index contributed by atoms with van der Waals surface area (Å²) in [6.45, 7) is 2.31. The molecular formula is C12H19N3O2S. The fraction of sp³-hybridized carbons (Fsp3) is 0.667. The predicted molar refractivity (Wildman–Crippen MR) is 70.9 cm³/mol. The third-order valence-corrected chi connectivity index (χ3v) is 4.62. The molecule has 2 atom stereocenters. The molecule has 1 aliphatic rings. The zero-order valence-electron chi connectivity index (χ0n) is 10.5. The number of nitrogen functional groups attached to an aromatic ring is 1. The van der Waals surface area contributed by atoms with Gasteiger partial charge in [-0.2, -0.15) is 11.8 Å². The Morgan fingerprint density at radius 1 is 1.67 bits per heavy atom. The number of nitrogens with two attached hydrogens (primary N) is 1. The van der Waals surface area contributed by atoms with Gasteiger partial charge in [0.1, 0.15) is 5.76 Å². The van der Waals surface area contributed by atoms with Crippen LogP contribution in [0.3, 0.4) is 0 Å². The lowest BCUT2D eigenvalue weighted by Crippen LogP contribution is -2.30. The first kappa shape index (κ1) is 13.4. The Labute approximate surface area is 111 Å². The summed E-state index contributed by atoms with van der Waals surface area (Å²) in [4.78, 5) is 11.2. The van der Waals surface area contributed by atoms with Crippen molar-refractivity contribution >= 4 is 17.7 Å². The van der Waals surface area contributed by atoms with Crippen LogP contribution in [0.1, 0.15) is 48.9 Å². The molecule has 1 saturated carbocycles. The average molecular weight is 269 g/mol. The smallest absolute Gasteiger partial charge is 0.287 e. The molecule has 0 bridgehead atoms. The maximum absolute atomic E-state index is 11.2. The molecule has 1 fully saturated rings. The SMILES string of the molecule is CC1CCCC(SCc2cc(C(=O)NN)no2)C1. The highest BCUT2D eigenvalue weighted by Gasteiger charge is 2.20. The van der Waals surface area contributed by atoms with E-state index in [4.69, 9.17) is 10.4 Å². The van der Waals surface area contributed by atoms with Crippen molar-refractivity contribution in [2.24, 2.45) is 11.8 Å². The molecule has 100 valence electrons. The Balaban J connectivity index is 1.82. The van der Waals surface area contributed by atoms with E-state index in [0.29, 0.717) is 5.25 Å². The molecule has 1 amide bonds. The fourth-order valence-corrected chi connectivity index (χ4v) is 3.63. The topological polar surface area (TPSA) is 81.2 Å². The fourth-order valence-electron chi connectivity index (χ4n) is 2.29. The molecule has 2 rings (SSSR count). The lowest BCUT2D eigenvalue weighted by Gasteiger charge is -2.25. The van der Waals surface area contributed by atoms with Gasteiger partial charge in [-0.25, -0.2) is 5.84 Å². The van der Waals surface area contributed by atoms with Gasteiger partial charge in [0.15, 0.2) is 5.69 Å². The van der Waals surface area contributed by atoms with E-state index < -0.39 is 5.91 Å². The highest BCUT2D eigenvalue weighted by molar-refractivity contribution is 7.99. The minimum absolute atomic E-state index is 0.241. The lowest BCUT2D eigenvalue weighted by molar-refractivity contribution is 0.0944. The van der Waals surface area contributed by atoms with Crippen LogP contribution in [0, 0.1) is 5.92 Å². The lowest BCUT2D eigenvalue weighted by atomic mass is 9.91. The summed E-state index contributed by atoms with van der Waals surface area (Å²) in [6.07, 6.45) is 5.21. The van der Waals surface area contributed by atoms with Gasteiger partial charge in [-0.1, -0.05) is 24.9 Å². The van der Waals surface area contributed by atoms with Crippen LogP contribution in [0.4, 0.5) is 0 Å². The van der Waals surface area contributed by atoms with Crippen LogP contribution in [0.15, 0.2) is 10.6 Å². The van der Waals surface area contributed by atoms with Gasteiger partial charge in [-0.3, -0.25) is 10.2 Å². The molecule has 0 spiro atoms. The van der Waals surface area contributed by atoms with Gasteiger partial charge in [0, 0.05) is 11.3 Å². The summed E-state index contributed by atoms with van der Waals surface area (Å²) in [5.41, 5.74) is 2.28. The Morgan fingerprint density at radius 2 is 2.50 bits per heavy atom. The molecule has 18 heavy (non-hydrogen) atoms. The van der Waals surface area contributed by atoms with Crippen molar-refractivity contribution in [2.75, 3.05) is 0 Å². The number of carbonyl (C=O) groups excluding carboxylic acids is 1. The molecule has 1 aromatic heterocycles. The van der Waals surface area contributed by atoms with Crippen LogP contribution >= 0.6 is 11.8 Å². The Bertz CT molecular complexity index is 408. The maximum atomic E-state index is 11.2. The normalized spacial score (nSPS) is 23.9. The maximum Gasteiger partial charge on any atom is 0.287 e. The Kier molecular flexibility index (Phi) is 4.66. The highest BCUT2D eigenvalue weighted by atomic mass is 32.2.